The molecule has 0 aliphatic rings. The SMILES string of the molecule is CN(c1ccc(-c2ccc[nH]2)cc1NC(=O)c1ccccc1)S(C)(=O)=O. The fourth-order valence-corrected chi connectivity index (χ4v) is 3.07. The molecule has 26 heavy (non-hydrogen) atoms. The van der Waals surface area contributed by atoms with Gasteiger partial charge >= 0.3 is 0 Å². The van der Waals surface area contributed by atoms with Crippen molar-refractivity contribution in [2.24, 2.45) is 0 Å². The number of aromatic amines is 1. The van der Waals surface area contributed by atoms with Gasteiger partial charge in [-0.25, -0.2) is 8.42 Å². The van der Waals surface area contributed by atoms with E-state index in [-0.39, 0.29) is 5.91 Å². The third-order valence-corrected chi connectivity index (χ3v) is 5.22. The Morgan fingerprint density at radius 2 is 1.77 bits per heavy atom. The molecule has 0 bridgehead atoms. The Kier molecular flexibility index (Phi) is 4.81. The van der Waals surface area contributed by atoms with E-state index in [1.165, 1.54) is 7.05 Å². The number of nitrogens with one attached hydrogen (secondary N) is 2. The van der Waals surface area contributed by atoms with Crippen molar-refractivity contribution in [2.75, 3.05) is 22.9 Å². The van der Waals surface area contributed by atoms with Crippen molar-refractivity contribution in [1.82, 2.24) is 4.98 Å². The molecule has 1 heterocycles. The Bertz CT molecular complexity index is 1010. The van der Waals surface area contributed by atoms with Gasteiger partial charge in [0.25, 0.3) is 5.91 Å². The fraction of sp³-hybridized carbons (Fsp3) is 0.105. The number of benzene rings is 2. The molecule has 134 valence electrons. The molecule has 3 aromatic rings. The molecular weight excluding hydrogens is 350 g/mol. The molecule has 3 rings (SSSR count). The average Bonchev–Trinajstić information content (AvgIpc) is 3.16. The minimum atomic E-state index is -3.47. The molecule has 0 saturated heterocycles. The maximum Gasteiger partial charge on any atom is 0.255 e. The molecule has 7 heteroatoms. The van der Waals surface area contributed by atoms with Gasteiger partial charge in [0, 0.05) is 30.1 Å². The van der Waals surface area contributed by atoms with Gasteiger partial charge in [0.2, 0.25) is 10.0 Å². The van der Waals surface area contributed by atoms with Crippen LogP contribution in [0.25, 0.3) is 11.3 Å². The van der Waals surface area contributed by atoms with Crippen LogP contribution in [0, 0.1) is 0 Å². The molecule has 2 aromatic carbocycles. The van der Waals surface area contributed by atoms with E-state index in [2.05, 4.69) is 10.3 Å². The summed E-state index contributed by atoms with van der Waals surface area (Å²) in [6.45, 7) is 0. The van der Waals surface area contributed by atoms with Crippen LogP contribution in [0.4, 0.5) is 11.4 Å². The van der Waals surface area contributed by atoms with Crippen LogP contribution >= 0.6 is 0 Å². The molecular formula is C19H19N3O3S. The highest BCUT2D eigenvalue weighted by molar-refractivity contribution is 7.92. The van der Waals surface area contributed by atoms with Gasteiger partial charge < -0.3 is 10.3 Å². The minimum Gasteiger partial charge on any atom is -0.361 e. The molecule has 0 atom stereocenters. The van der Waals surface area contributed by atoms with Gasteiger partial charge in [-0.1, -0.05) is 24.3 Å². The zero-order valence-electron chi connectivity index (χ0n) is 14.4. The lowest BCUT2D eigenvalue weighted by atomic mass is 10.1. The van der Waals surface area contributed by atoms with Gasteiger partial charge in [0.05, 0.1) is 17.6 Å². The lowest BCUT2D eigenvalue weighted by Gasteiger charge is -2.21. The van der Waals surface area contributed by atoms with Crippen molar-refractivity contribution in [3.63, 3.8) is 0 Å². The summed E-state index contributed by atoms with van der Waals surface area (Å²) in [5.41, 5.74) is 3.01. The van der Waals surface area contributed by atoms with Crippen molar-refractivity contribution in [2.45, 2.75) is 0 Å². The van der Waals surface area contributed by atoms with Gasteiger partial charge in [0.15, 0.2) is 0 Å². The number of aromatic nitrogens is 1. The van der Waals surface area contributed by atoms with E-state index in [0.717, 1.165) is 21.8 Å². The van der Waals surface area contributed by atoms with Gasteiger partial charge in [-0.15, -0.1) is 0 Å². The third kappa shape index (κ3) is 3.78. The highest BCUT2D eigenvalue weighted by Gasteiger charge is 2.18. The molecule has 0 unspecified atom stereocenters. The van der Waals surface area contributed by atoms with Crippen LogP contribution in [0.3, 0.4) is 0 Å². The Hall–Kier alpha value is -3.06. The Morgan fingerprint density at radius 1 is 1.04 bits per heavy atom. The first-order chi connectivity index (χ1) is 12.4. The molecule has 0 spiro atoms. The number of carbonyl (C=O) groups excluding carboxylic acids is 1. The second-order valence-electron chi connectivity index (χ2n) is 5.87. The van der Waals surface area contributed by atoms with E-state index >= 15 is 0 Å². The first-order valence-corrected chi connectivity index (χ1v) is 9.79. The zero-order chi connectivity index (χ0) is 18.7. The molecule has 6 nitrogen and oxygen atoms in total. The van der Waals surface area contributed by atoms with Crippen LogP contribution in [0.5, 0.6) is 0 Å². The number of rotatable bonds is 5. The molecule has 1 amide bonds. The molecule has 2 N–H and O–H groups in total. The summed E-state index contributed by atoms with van der Waals surface area (Å²) in [7, 11) is -2.02. The minimum absolute atomic E-state index is 0.308. The molecule has 0 aliphatic heterocycles. The smallest absolute Gasteiger partial charge is 0.255 e. The van der Waals surface area contributed by atoms with Crippen LogP contribution in [0.1, 0.15) is 10.4 Å². The van der Waals surface area contributed by atoms with Gasteiger partial charge in [0.1, 0.15) is 0 Å². The lowest BCUT2D eigenvalue weighted by Crippen LogP contribution is -2.26. The highest BCUT2D eigenvalue weighted by atomic mass is 32.2. The number of amides is 1. The summed E-state index contributed by atoms with van der Waals surface area (Å²) in [6.07, 6.45) is 2.92. The summed E-state index contributed by atoms with van der Waals surface area (Å²) in [5, 5.41) is 2.82. The first kappa shape index (κ1) is 17.8. The predicted molar refractivity (Wildman–Crippen MR) is 104 cm³/mol. The van der Waals surface area contributed by atoms with Gasteiger partial charge in [-0.05, 0) is 36.4 Å². The van der Waals surface area contributed by atoms with Crippen LogP contribution in [0.15, 0.2) is 66.9 Å². The third-order valence-electron chi connectivity index (χ3n) is 4.03. The molecule has 0 radical (unpaired) electrons. The number of nitrogens with zero attached hydrogens (tertiary/aromatic N) is 1. The molecule has 1 aromatic heterocycles. The number of hydrogen-bond donors (Lipinski definition) is 2. The number of anilines is 2. The van der Waals surface area contributed by atoms with Crippen molar-refractivity contribution in [3.8, 4) is 11.3 Å². The number of sulfonamides is 1. The van der Waals surface area contributed by atoms with E-state index < -0.39 is 10.0 Å². The van der Waals surface area contributed by atoms with E-state index in [1.54, 1.807) is 48.7 Å². The summed E-state index contributed by atoms with van der Waals surface area (Å²) >= 11 is 0. The summed E-state index contributed by atoms with van der Waals surface area (Å²) in [6, 6.07) is 17.8. The average molecular weight is 369 g/mol. The van der Waals surface area contributed by atoms with Crippen LogP contribution in [0.2, 0.25) is 0 Å². The van der Waals surface area contributed by atoms with E-state index in [0.29, 0.717) is 16.9 Å². The highest BCUT2D eigenvalue weighted by Crippen LogP contribution is 2.32. The standard InChI is InChI=1S/C19H19N3O3S/c1-22(26(2,24)25)18-11-10-15(16-9-6-12-20-16)13-17(18)21-19(23)14-7-4-3-5-8-14/h3-13,20H,1-2H3,(H,21,23). The number of hydrogen-bond acceptors (Lipinski definition) is 3. The largest absolute Gasteiger partial charge is 0.361 e. The van der Waals surface area contributed by atoms with E-state index in [4.69, 9.17) is 0 Å². The maximum absolute atomic E-state index is 12.5. The summed E-state index contributed by atoms with van der Waals surface area (Å²) in [4.78, 5) is 15.6. The second-order valence-corrected chi connectivity index (χ2v) is 7.88. The van der Waals surface area contributed by atoms with Crippen molar-refractivity contribution >= 4 is 27.3 Å². The monoisotopic (exact) mass is 369 g/mol. The summed E-state index contributed by atoms with van der Waals surface area (Å²) < 4.78 is 25.1. The Balaban J connectivity index is 2.04. The zero-order valence-corrected chi connectivity index (χ0v) is 15.2. The second kappa shape index (κ2) is 7.05. The Morgan fingerprint density at radius 3 is 2.38 bits per heavy atom. The fourth-order valence-electron chi connectivity index (χ4n) is 2.55. The predicted octanol–water partition coefficient (Wildman–Crippen LogP) is 3.33. The number of carbonyl (C=O) groups is 1. The van der Waals surface area contributed by atoms with Crippen molar-refractivity contribution < 1.29 is 13.2 Å². The normalized spacial score (nSPS) is 11.2. The quantitative estimate of drug-likeness (QED) is 0.724. The van der Waals surface area contributed by atoms with Crippen molar-refractivity contribution in [3.05, 3.63) is 72.4 Å². The molecule has 0 aliphatic carbocycles. The number of H-pyrrole nitrogens is 1. The van der Waals surface area contributed by atoms with Crippen LogP contribution in [-0.2, 0) is 10.0 Å². The van der Waals surface area contributed by atoms with Gasteiger partial charge in [-0.3, -0.25) is 9.10 Å². The summed E-state index contributed by atoms with van der Waals surface area (Å²) in [5.74, 6) is -0.308. The Labute approximate surface area is 152 Å². The van der Waals surface area contributed by atoms with Crippen LogP contribution < -0.4 is 9.62 Å². The maximum atomic E-state index is 12.5. The van der Waals surface area contributed by atoms with E-state index in [9.17, 15) is 13.2 Å². The topological polar surface area (TPSA) is 82.3 Å². The van der Waals surface area contributed by atoms with E-state index in [1.807, 2.05) is 18.2 Å². The van der Waals surface area contributed by atoms with Crippen LogP contribution in [-0.4, -0.2) is 32.6 Å². The van der Waals surface area contributed by atoms with Gasteiger partial charge in [-0.2, -0.15) is 0 Å². The lowest BCUT2D eigenvalue weighted by molar-refractivity contribution is 0.102. The first-order valence-electron chi connectivity index (χ1n) is 7.94. The molecule has 0 saturated carbocycles. The van der Waals surface area contributed by atoms with Crippen molar-refractivity contribution in [1.29, 1.82) is 0 Å². The molecule has 0 fully saturated rings.